The minimum atomic E-state index is -0.756. The zero-order valence-corrected chi connectivity index (χ0v) is 18.6. The number of hydrogen-bond donors (Lipinski definition) is 2. The van der Waals surface area contributed by atoms with Crippen LogP contribution in [0.1, 0.15) is 27.0 Å². The summed E-state index contributed by atoms with van der Waals surface area (Å²) in [5, 5.41) is 13.5. The second-order valence-electron chi connectivity index (χ2n) is 7.70. The highest BCUT2D eigenvalue weighted by Crippen LogP contribution is 2.39. The number of methoxy groups -OCH3 is 1. The lowest BCUT2D eigenvalue weighted by atomic mass is 9.98. The Morgan fingerprint density at radius 1 is 1.24 bits per heavy atom. The number of benzene rings is 1. The molecule has 1 unspecified atom stereocenters. The van der Waals surface area contributed by atoms with Crippen LogP contribution in [-0.4, -0.2) is 45.3 Å². The van der Waals surface area contributed by atoms with E-state index in [1.807, 2.05) is 24.4 Å². The van der Waals surface area contributed by atoms with E-state index in [1.165, 1.54) is 16.2 Å². The average molecular weight is 460 g/mol. The van der Waals surface area contributed by atoms with Crippen molar-refractivity contribution in [1.29, 1.82) is 0 Å². The molecule has 1 aliphatic rings. The number of nitrogens with one attached hydrogen (secondary N) is 1. The summed E-state index contributed by atoms with van der Waals surface area (Å²) in [5.41, 5.74) is 2.58. The van der Waals surface area contributed by atoms with Gasteiger partial charge in [-0.15, -0.1) is 11.3 Å². The molecule has 0 fully saturated rings. The quantitative estimate of drug-likeness (QED) is 0.398. The van der Waals surface area contributed by atoms with Crippen molar-refractivity contribution in [3.8, 4) is 5.75 Å². The molecule has 2 N–H and O–H groups in total. The molecule has 0 saturated carbocycles. The van der Waals surface area contributed by atoms with E-state index in [0.717, 1.165) is 22.2 Å². The summed E-state index contributed by atoms with van der Waals surface area (Å²) >= 11 is 1.27. The zero-order chi connectivity index (χ0) is 22.9. The van der Waals surface area contributed by atoms with Crippen molar-refractivity contribution >= 4 is 33.9 Å². The number of Topliss-reactive ketones (excluding diaryl/α,β-unsaturated/α-hetero) is 1. The Hall–Kier alpha value is -3.91. The Balaban J connectivity index is 1.49. The highest BCUT2D eigenvalue weighted by Gasteiger charge is 2.44. The number of ether oxygens (including phenoxy) is 1. The third kappa shape index (κ3) is 3.68. The number of aliphatic hydroxyl groups is 1. The lowest BCUT2D eigenvalue weighted by Crippen LogP contribution is -2.33. The molecule has 0 radical (unpaired) electrons. The summed E-state index contributed by atoms with van der Waals surface area (Å²) in [6.45, 7) is 0.301. The number of rotatable bonds is 7. The second kappa shape index (κ2) is 8.55. The van der Waals surface area contributed by atoms with Gasteiger partial charge in [0.1, 0.15) is 11.8 Å². The Kier molecular flexibility index (Phi) is 5.43. The topological polar surface area (TPSA) is 95.5 Å². The molecule has 1 atom stereocenters. The number of carbonyl (C=O) groups excluding carboxylic acids is 2. The minimum absolute atomic E-state index is 0.0711. The van der Waals surface area contributed by atoms with Crippen molar-refractivity contribution in [3.05, 3.63) is 93.8 Å². The molecule has 5 rings (SSSR count). The number of aromatic nitrogens is 2. The number of hydrogen-bond acceptors (Lipinski definition) is 6. The van der Waals surface area contributed by atoms with Crippen molar-refractivity contribution in [2.75, 3.05) is 13.7 Å². The van der Waals surface area contributed by atoms with Crippen LogP contribution in [0.4, 0.5) is 0 Å². The van der Waals surface area contributed by atoms with Gasteiger partial charge in [0.05, 0.1) is 23.3 Å². The van der Waals surface area contributed by atoms with Gasteiger partial charge in [0, 0.05) is 29.8 Å². The zero-order valence-electron chi connectivity index (χ0n) is 17.8. The molecule has 0 spiro atoms. The SMILES string of the molecule is COc1ccc2[nH]cc(CCN3C(=O)C(O)=C(C(=O)c4cccs4)C3c3ccccn3)c2c1. The molecule has 3 aromatic heterocycles. The van der Waals surface area contributed by atoms with Crippen LogP contribution < -0.4 is 4.74 Å². The fourth-order valence-electron chi connectivity index (χ4n) is 4.23. The van der Waals surface area contributed by atoms with E-state index < -0.39 is 17.7 Å². The molecule has 4 heterocycles. The standard InChI is InChI=1S/C25H21N3O4S/c1-32-16-7-8-18-17(13-16)15(14-27-18)9-11-28-22(19-5-2-3-10-26-19)21(24(30)25(28)31)23(29)20-6-4-12-33-20/h2-8,10,12-14,22,27,30H,9,11H2,1H3. The van der Waals surface area contributed by atoms with Crippen LogP contribution in [0, 0.1) is 0 Å². The minimum Gasteiger partial charge on any atom is -0.503 e. The van der Waals surface area contributed by atoms with Crippen molar-refractivity contribution in [2.45, 2.75) is 12.5 Å². The first-order valence-electron chi connectivity index (χ1n) is 10.5. The summed E-state index contributed by atoms with van der Waals surface area (Å²) in [5.74, 6) is -0.687. The fraction of sp³-hybridized carbons (Fsp3) is 0.160. The summed E-state index contributed by atoms with van der Waals surface area (Å²) < 4.78 is 5.34. The number of aromatic amines is 1. The molecule has 0 aliphatic carbocycles. The maximum Gasteiger partial charge on any atom is 0.290 e. The van der Waals surface area contributed by atoms with Crippen molar-refractivity contribution in [3.63, 3.8) is 0 Å². The number of amides is 1. The third-order valence-corrected chi connectivity index (χ3v) is 6.73. The number of fused-ring (bicyclic) bond motifs is 1. The number of pyridine rings is 1. The number of nitrogens with zero attached hydrogens (tertiary/aromatic N) is 2. The van der Waals surface area contributed by atoms with Gasteiger partial charge in [-0.05, 0) is 53.8 Å². The maximum absolute atomic E-state index is 13.2. The molecular formula is C25H21N3O4S. The highest BCUT2D eigenvalue weighted by atomic mass is 32.1. The predicted molar refractivity (Wildman–Crippen MR) is 126 cm³/mol. The number of aliphatic hydroxyl groups excluding tert-OH is 1. The van der Waals surface area contributed by atoms with Gasteiger partial charge in [-0.25, -0.2) is 0 Å². The molecule has 4 aromatic rings. The third-order valence-electron chi connectivity index (χ3n) is 5.86. The summed E-state index contributed by atoms with van der Waals surface area (Å²) in [7, 11) is 1.62. The largest absolute Gasteiger partial charge is 0.503 e. The van der Waals surface area contributed by atoms with Crippen LogP contribution >= 0.6 is 11.3 Å². The van der Waals surface area contributed by atoms with E-state index in [4.69, 9.17) is 4.74 Å². The Labute approximate surface area is 194 Å². The predicted octanol–water partition coefficient (Wildman–Crippen LogP) is 4.45. The van der Waals surface area contributed by atoms with Crippen molar-refractivity contribution in [1.82, 2.24) is 14.9 Å². The van der Waals surface area contributed by atoms with E-state index in [9.17, 15) is 14.7 Å². The fourth-order valence-corrected chi connectivity index (χ4v) is 4.91. The Morgan fingerprint density at radius 2 is 2.12 bits per heavy atom. The van der Waals surface area contributed by atoms with Gasteiger partial charge in [0.15, 0.2) is 5.76 Å². The molecule has 7 nitrogen and oxygen atoms in total. The molecule has 0 saturated heterocycles. The van der Waals surface area contributed by atoms with E-state index >= 15 is 0 Å². The van der Waals surface area contributed by atoms with Gasteiger partial charge in [0.25, 0.3) is 5.91 Å². The molecule has 0 bridgehead atoms. The lowest BCUT2D eigenvalue weighted by molar-refractivity contribution is -0.129. The van der Waals surface area contributed by atoms with Crippen LogP contribution in [-0.2, 0) is 11.2 Å². The van der Waals surface area contributed by atoms with E-state index in [1.54, 1.807) is 49.0 Å². The summed E-state index contributed by atoms with van der Waals surface area (Å²) in [6, 6.07) is 13.8. The number of ketones is 1. The van der Waals surface area contributed by atoms with Crippen molar-refractivity contribution in [2.24, 2.45) is 0 Å². The Bertz CT molecular complexity index is 1360. The first-order valence-corrected chi connectivity index (χ1v) is 11.3. The second-order valence-corrected chi connectivity index (χ2v) is 8.65. The monoisotopic (exact) mass is 459 g/mol. The van der Waals surface area contributed by atoms with Gasteiger partial charge in [-0.2, -0.15) is 0 Å². The average Bonchev–Trinajstić information content (AvgIpc) is 3.57. The van der Waals surface area contributed by atoms with Gasteiger partial charge in [-0.1, -0.05) is 12.1 Å². The maximum atomic E-state index is 13.2. The molecule has 8 heteroatoms. The lowest BCUT2D eigenvalue weighted by Gasteiger charge is -2.26. The molecule has 166 valence electrons. The summed E-state index contributed by atoms with van der Waals surface area (Å²) in [4.78, 5) is 36.0. The van der Waals surface area contributed by atoms with Crippen LogP contribution in [0.25, 0.3) is 10.9 Å². The first kappa shape index (κ1) is 21.0. The van der Waals surface area contributed by atoms with Crippen LogP contribution in [0.5, 0.6) is 5.75 Å². The highest BCUT2D eigenvalue weighted by molar-refractivity contribution is 7.12. The van der Waals surface area contributed by atoms with Gasteiger partial charge >= 0.3 is 0 Å². The van der Waals surface area contributed by atoms with Crippen molar-refractivity contribution < 1.29 is 19.4 Å². The van der Waals surface area contributed by atoms with Crippen LogP contribution in [0.15, 0.2) is 77.6 Å². The molecular weight excluding hydrogens is 438 g/mol. The number of H-pyrrole nitrogens is 1. The molecule has 1 aromatic carbocycles. The Morgan fingerprint density at radius 3 is 2.85 bits per heavy atom. The number of thiophene rings is 1. The molecule has 33 heavy (non-hydrogen) atoms. The first-order chi connectivity index (χ1) is 16.1. The molecule has 1 aliphatic heterocycles. The van der Waals surface area contributed by atoms with Gasteiger partial charge < -0.3 is 19.7 Å². The van der Waals surface area contributed by atoms with E-state index in [-0.39, 0.29) is 11.4 Å². The normalized spacial score (nSPS) is 16.1. The smallest absolute Gasteiger partial charge is 0.290 e. The van der Waals surface area contributed by atoms with Gasteiger partial charge in [0.2, 0.25) is 5.78 Å². The number of carbonyl (C=O) groups is 2. The van der Waals surface area contributed by atoms with Crippen LogP contribution in [0.2, 0.25) is 0 Å². The van der Waals surface area contributed by atoms with E-state index in [0.29, 0.717) is 23.5 Å². The summed E-state index contributed by atoms with van der Waals surface area (Å²) in [6.07, 6.45) is 4.05. The van der Waals surface area contributed by atoms with E-state index in [2.05, 4.69) is 9.97 Å². The van der Waals surface area contributed by atoms with Gasteiger partial charge in [-0.3, -0.25) is 14.6 Å². The van der Waals surface area contributed by atoms with Crippen LogP contribution in [0.3, 0.4) is 0 Å². The molecule has 1 amide bonds.